The van der Waals surface area contributed by atoms with Crippen LogP contribution < -0.4 is 5.32 Å². The molecule has 2 N–H and O–H groups in total. The van der Waals surface area contributed by atoms with E-state index in [0.29, 0.717) is 0 Å². The Labute approximate surface area is 110 Å². The smallest absolute Gasteiger partial charge is 0.411 e. The largest absolute Gasteiger partial charge is 0.478 e. The normalized spacial score (nSPS) is 9.67. The zero-order valence-electron chi connectivity index (χ0n) is 9.07. The summed E-state index contributed by atoms with van der Waals surface area (Å²) in [6.45, 7) is 3.34. The first-order valence-electron chi connectivity index (χ1n) is 4.72. The summed E-state index contributed by atoms with van der Waals surface area (Å²) in [5, 5.41) is 11.1. The van der Waals surface area contributed by atoms with Gasteiger partial charge in [0, 0.05) is 4.47 Å². The summed E-state index contributed by atoms with van der Waals surface area (Å²) in [5.41, 5.74) is -0.449. The van der Waals surface area contributed by atoms with Crippen molar-refractivity contribution >= 4 is 33.7 Å². The Morgan fingerprint density at radius 3 is 2.78 bits per heavy atom. The van der Waals surface area contributed by atoms with Crippen LogP contribution in [0.2, 0.25) is 0 Å². The fourth-order valence-electron chi connectivity index (χ4n) is 1.14. The first-order chi connectivity index (χ1) is 8.45. The van der Waals surface area contributed by atoms with Crippen LogP contribution in [0.1, 0.15) is 10.4 Å². The van der Waals surface area contributed by atoms with Crippen LogP contribution in [0.25, 0.3) is 0 Å². The molecule has 0 spiro atoms. The van der Waals surface area contributed by atoms with Gasteiger partial charge in [-0.15, -0.1) is 0 Å². The van der Waals surface area contributed by atoms with Gasteiger partial charge in [-0.2, -0.15) is 0 Å². The van der Waals surface area contributed by atoms with Crippen LogP contribution in [0.15, 0.2) is 29.3 Å². The molecule has 5 nitrogen and oxygen atoms in total. The third kappa shape index (κ3) is 3.56. The molecule has 0 saturated carbocycles. The molecule has 0 atom stereocenters. The van der Waals surface area contributed by atoms with Crippen molar-refractivity contribution in [3.63, 3.8) is 0 Å². The van der Waals surface area contributed by atoms with Gasteiger partial charge < -0.3 is 9.84 Å². The molecule has 0 aliphatic rings. The van der Waals surface area contributed by atoms with Crippen LogP contribution in [0.3, 0.4) is 0 Å². The summed E-state index contributed by atoms with van der Waals surface area (Å²) in [4.78, 5) is 22.2. The molecule has 96 valence electrons. The zero-order valence-corrected chi connectivity index (χ0v) is 10.7. The number of ether oxygens (including phenoxy) is 1. The minimum absolute atomic E-state index is 0.0208. The Morgan fingerprint density at radius 1 is 1.56 bits per heavy atom. The molecule has 1 aromatic carbocycles. The number of nitrogens with one attached hydrogen (secondary N) is 1. The minimum atomic E-state index is -1.37. The number of carbonyl (C=O) groups excluding carboxylic acids is 1. The average molecular weight is 318 g/mol. The molecule has 0 fully saturated rings. The molecule has 0 radical (unpaired) electrons. The van der Waals surface area contributed by atoms with E-state index < -0.39 is 17.9 Å². The highest BCUT2D eigenvalue weighted by Crippen LogP contribution is 2.28. The molecule has 0 bridgehead atoms. The third-order valence-electron chi connectivity index (χ3n) is 1.84. The zero-order chi connectivity index (χ0) is 13.7. The van der Waals surface area contributed by atoms with Gasteiger partial charge in [0.25, 0.3) is 0 Å². The molecule has 0 aromatic heterocycles. The Morgan fingerprint density at radius 2 is 2.22 bits per heavy atom. The fourth-order valence-corrected chi connectivity index (χ4v) is 1.67. The Kier molecular flexibility index (Phi) is 4.85. The van der Waals surface area contributed by atoms with E-state index in [0.717, 1.165) is 12.1 Å². The van der Waals surface area contributed by atoms with Gasteiger partial charge in [0.2, 0.25) is 0 Å². The van der Waals surface area contributed by atoms with Crippen molar-refractivity contribution in [1.82, 2.24) is 0 Å². The van der Waals surface area contributed by atoms with Crippen molar-refractivity contribution in [2.75, 3.05) is 11.9 Å². The molecule has 1 rings (SSSR count). The van der Waals surface area contributed by atoms with Crippen molar-refractivity contribution in [2.24, 2.45) is 0 Å². The number of carbonyl (C=O) groups is 2. The van der Waals surface area contributed by atoms with Gasteiger partial charge in [0.1, 0.15) is 12.4 Å². The Hall–Kier alpha value is -1.89. The maximum Gasteiger partial charge on any atom is 0.411 e. The summed E-state index contributed by atoms with van der Waals surface area (Å²) >= 11 is 2.97. The van der Waals surface area contributed by atoms with E-state index in [1.165, 1.54) is 6.08 Å². The molecule has 0 unspecified atom stereocenters. The van der Waals surface area contributed by atoms with Crippen LogP contribution in [0.4, 0.5) is 14.9 Å². The van der Waals surface area contributed by atoms with Crippen molar-refractivity contribution in [1.29, 1.82) is 0 Å². The van der Waals surface area contributed by atoms with E-state index in [9.17, 15) is 14.0 Å². The minimum Gasteiger partial charge on any atom is -0.478 e. The van der Waals surface area contributed by atoms with Gasteiger partial charge in [0.15, 0.2) is 0 Å². The van der Waals surface area contributed by atoms with Gasteiger partial charge in [0.05, 0.1) is 11.3 Å². The first kappa shape index (κ1) is 14.2. The molecular formula is C11H9BrFNO4. The summed E-state index contributed by atoms with van der Waals surface area (Å²) < 4.78 is 17.8. The van der Waals surface area contributed by atoms with Crippen molar-refractivity contribution < 1.29 is 23.8 Å². The first-order valence-corrected chi connectivity index (χ1v) is 5.52. The predicted octanol–water partition coefficient (Wildman–Crippen LogP) is 3.02. The SMILES string of the molecule is C=CCOC(=O)Nc1c(Br)cc(F)cc1C(=O)O. The van der Waals surface area contributed by atoms with E-state index in [-0.39, 0.29) is 22.3 Å². The van der Waals surface area contributed by atoms with E-state index in [2.05, 4.69) is 32.6 Å². The quantitative estimate of drug-likeness (QED) is 0.837. The highest BCUT2D eigenvalue weighted by molar-refractivity contribution is 9.10. The lowest BCUT2D eigenvalue weighted by atomic mass is 10.2. The number of carboxylic acids is 1. The number of halogens is 2. The number of anilines is 1. The molecule has 0 aliphatic heterocycles. The van der Waals surface area contributed by atoms with Crippen LogP contribution in [-0.4, -0.2) is 23.8 Å². The van der Waals surface area contributed by atoms with Crippen LogP contribution in [0.5, 0.6) is 0 Å². The topological polar surface area (TPSA) is 75.6 Å². The van der Waals surface area contributed by atoms with E-state index in [1.807, 2.05) is 0 Å². The predicted molar refractivity (Wildman–Crippen MR) is 66.2 cm³/mol. The maximum absolute atomic E-state index is 13.1. The van der Waals surface area contributed by atoms with Gasteiger partial charge in [-0.1, -0.05) is 12.7 Å². The van der Waals surface area contributed by atoms with Gasteiger partial charge >= 0.3 is 12.1 Å². The lowest BCUT2D eigenvalue weighted by Crippen LogP contribution is -2.16. The molecule has 0 aliphatic carbocycles. The highest BCUT2D eigenvalue weighted by Gasteiger charge is 2.17. The lowest BCUT2D eigenvalue weighted by Gasteiger charge is -2.10. The second kappa shape index (κ2) is 6.15. The average Bonchev–Trinajstić information content (AvgIpc) is 2.29. The third-order valence-corrected chi connectivity index (χ3v) is 2.47. The van der Waals surface area contributed by atoms with E-state index in [4.69, 9.17) is 5.11 Å². The lowest BCUT2D eigenvalue weighted by molar-refractivity contribution is 0.0697. The highest BCUT2D eigenvalue weighted by atomic mass is 79.9. The molecule has 0 heterocycles. The number of benzene rings is 1. The molecule has 1 amide bonds. The summed E-state index contributed by atoms with van der Waals surface area (Å²) in [6, 6.07) is 1.84. The van der Waals surface area contributed by atoms with Gasteiger partial charge in [-0.3, -0.25) is 5.32 Å². The molecular weight excluding hydrogens is 309 g/mol. The van der Waals surface area contributed by atoms with Gasteiger partial charge in [-0.25, -0.2) is 14.0 Å². The van der Waals surface area contributed by atoms with Crippen molar-refractivity contribution in [3.05, 3.63) is 40.6 Å². The van der Waals surface area contributed by atoms with Crippen molar-refractivity contribution in [2.45, 2.75) is 0 Å². The fraction of sp³-hybridized carbons (Fsp3) is 0.0909. The molecule has 1 aromatic rings. The van der Waals surface area contributed by atoms with E-state index >= 15 is 0 Å². The van der Waals surface area contributed by atoms with Crippen LogP contribution in [-0.2, 0) is 4.74 Å². The molecule has 18 heavy (non-hydrogen) atoms. The number of amides is 1. The molecule has 7 heteroatoms. The summed E-state index contributed by atoms with van der Waals surface area (Å²) in [6.07, 6.45) is 0.502. The number of carboxylic acid groups (broad SMARTS) is 1. The number of aromatic carboxylic acids is 1. The Balaban J connectivity index is 3.03. The standard InChI is InChI=1S/C11H9BrFNO4/c1-2-3-18-11(17)14-9-7(10(15)16)4-6(13)5-8(9)12/h2,4-5H,1,3H2,(H,14,17)(H,15,16). The summed E-state index contributed by atoms with van der Waals surface area (Å²) in [7, 11) is 0. The number of rotatable bonds is 4. The molecule has 0 saturated heterocycles. The summed E-state index contributed by atoms with van der Waals surface area (Å²) in [5.74, 6) is -2.10. The van der Waals surface area contributed by atoms with Crippen LogP contribution in [0, 0.1) is 5.82 Å². The second-order valence-corrected chi connectivity index (χ2v) is 3.98. The van der Waals surface area contributed by atoms with E-state index in [1.54, 1.807) is 0 Å². The monoisotopic (exact) mass is 317 g/mol. The number of hydrogen-bond donors (Lipinski definition) is 2. The van der Waals surface area contributed by atoms with Gasteiger partial charge in [-0.05, 0) is 28.1 Å². The van der Waals surface area contributed by atoms with Crippen molar-refractivity contribution in [3.8, 4) is 0 Å². The Bertz CT molecular complexity index is 504. The van der Waals surface area contributed by atoms with Crippen LogP contribution >= 0.6 is 15.9 Å². The maximum atomic E-state index is 13.1. The second-order valence-electron chi connectivity index (χ2n) is 3.13. The number of hydrogen-bond acceptors (Lipinski definition) is 3.